The molecule has 0 rings (SSSR count). The van der Waals surface area contributed by atoms with E-state index in [1.54, 1.807) is 12.2 Å². The van der Waals surface area contributed by atoms with Crippen LogP contribution >= 0.6 is 0 Å². The molecule has 0 amide bonds. The Balaban J connectivity index is 3.68. The number of hydrogen-bond acceptors (Lipinski definition) is 1. The number of allylic oxidation sites excluding steroid dienone is 13. The van der Waals surface area contributed by atoms with Crippen molar-refractivity contribution in [2.75, 3.05) is 0 Å². The second-order valence-corrected chi connectivity index (χ2v) is 5.22. The number of unbranched alkanes of at least 4 members (excludes halogenated alkanes) is 4. The summed E-state index contributed by atoms with van der Waals surface area (Å²) in [6.45, 7) is 2.23. The third kappa shape index (κ3) is 19.7. The summed E-state index contributed by atoms with van der Waals surface area (Å²) < 4.78 is 0. The summed E-state index contributed by atoms with van der Waals surface area (Å²) in [5.74, 6) is -0.940. The molecule has 2 heteroatoms. The molecule has 0 saturated carbocycles. The van der Waals surface area contributed by atoms with Crippen LogP contribution in [0.1, 0.15) is 45.4 Å². The Labute approximate surface area is 147 Å². The van der Waals surface area contributed by atoms with Crippen LogP contribution in [0, 0.1) is 0 Å². The summed E-state index contributed by atoms with van der Waals surface area (Å²) in [7, 11) is 0. The van der Waals surface area contributed by atoms with Crippen molar-refractivity contribution in [3.05, 3.63) is 85.1 Å². The van der Waals surface area contributed by atoms with Gasteiger partial charge >= 0.3 is 5.97 Å². The van der Waals surface area contributed by atoms with Crippen LogP contribution in [0.15, 0.2) is 85.1 Å². The van der Waals surface area contributed by atoms with Gasteiger partial charge in [-0.05, 0) is 19.3 Å². The molecule has 24 heavy (non-hydrogen) atoms. The maximum Gasteiger partial charge on any atom is 0.328 e. The van der Waals surface area contributed by atoms with Crippen molar-refractivity contribution in [3.63, 3.8) is 0 Å². The normalized spacial score (nSPS) is 13.4. The lowest BCUT2D eigenvalue weighted by atomic mass is 10.1. The van der Waals surface area contributed by atoms with Crippen LogP contribution in [0.5, 0.6) is 0 Å². The smallest absolute Gasteiger partial charge is 0.328 e. The van der Waals surface area contributed by atoms with Gasteiger partial charge in [-0.3, -0.25) is 0 Å². The van der Waals surface area contributed by atoms with Crippen LogP contribution in [0.2, 0.25) is 0 Å². The first kappa shape index (κ1) is 21.6. The molecule has 0 radical (unpaired) electrons. The number of carboxylic acids is 1. The SMILES string of the molecule is CCCCCCC=CC=CCC=CC=CC=C/C=C/C=C\C(=O)O. The molecule has 0 heterocycles. The molecule has 0 bridgehead atoms. The maximum atomic E-state index is 10.2. The summed E-state index contributed by atoms with van der Waals surface area (Å²) in [6.07, 6.45) is 33.8. The van der Waals surface area contributed by atoms with E-state index in [4.69, 9.17) is 5.11 Å². The van der Waals surface area contributed by atoms with E-state index >= 15 is 0 Å². The Bertz CT molecular complexity index is 500. The van der Waals surface area contributed by atoms with Gasteiger partial charge in [0.25, 0.3) is 0 Å². The fraction of sp³-hybridized carbons (Fsp3) is 0.318. The summed E-state index contributed by atoms with van der Waals surface area (Å²) in [6, 6.07) is 0. The minimum atomic E-state index is -0.940. The van der Waals surface area contributed by atoms with E-state index in [1.807, 2.05) is 30.4 Å². The Morgan fingerprint density at radius 1 is 0.708 bits per heavy atom. The van der Waals surface area contributed by atoms with Crippen molar-refractivity contribution in [2.45, 2.75) is 45.4 Å². The fourth-order valence-corrected chi connectivity index (χ4v) is 1.78. The Hall–Kier alpha value is -2.35. The zero-order valence-corrected chi connectivity index (χ0v) is 14.7. The van der Waals surface area contributed by atoms with Crippen molar-refractivity contribution in [1.82, 2.24) is 0 Å². The molecule has 0 unspecified atom stereocenters. The predicted molar refractivity (Wildman–Crippen MR) is 105 cm³/mol. The third-order valence-electron chi connectivity index (χ3n) is 3.03. The van der Waals surface area contributed by atoms with E-state index in [9.17, 15) is 4.79 Å². The summed E-state index contributed by atoms with van der Waals surface area (Å²) in [5, 5.41) is 8.39. The van der Waals surface area contributed by atoms with Gasteiger partial charge in [-0.2, -0.15) is 0 Å². The highest BCUT2D eigenvalue weighted by Gasteiger charge is 1.83. The number of hydrogen-bond donors (Lipinski definition) is 1. The lowest BCUT2D eigenvalue weighted by Gasteiger charge is -1.92. The molecule has 0 aromatic heterocycles. The van der Waals surface area contributed by atoms with Crippen LogP contribution in [0.4, 0.5) is 0 Å². The van der Waals surface area contributed by atoms with Crippen molar-refractivity contribution >= 4 is 5.97 Å². The van der Waals surface area contributed by atoms with E-state index in [2.05, 4.69) is 37.3 Å². The van der Waals surface area contributed by atoms with Crippen molar-refractivity contribution in [1.29, 1.82) is 0 Å². The van der Waals surface area contributed by atoms with Crippen LogP contribution in [-0.4, -0.2) is 11.1 Å². The van der Waals surface area contributed by atoms with E-state index in [0.29, 0.717) is 0 Å². The number of aliphatic carboxylic acids is 1. The molecule has 0 aliphatic carbocycles. The molecule has 0 aromatic carbocycles. The van der Waals surface area contributed by atoms with Gasteiger partial charge in [0.1, 0.15) is 0 Å². The second-order valence-electron chi connectivity index (χ2n) is 5.22. The lowest BCUT2D eigenvalue weighted by Crippen LogP contribution is -1.84. The van der Waals surface area contributed by atoms with Gasteiger partial charge in [0.15, 0.2) is 0 Å². The Kier molecular flexibility index (Phi) is 16.9. The lowest BCUT2D eigenvalue weighted by molar-refractivity contribution is -0.131. The van der Waals surface area contributed by atoms with Gasteiger partial charge in [0.05, 0.1) is 0 Å². The highest BCUT2D eigenvalue weighted by Crippen LogP contribution is 2.02. The molecular formula is C22H30O2. The van der Waals surface area contributed by atoms with Gasteiger partial charge < -0.3 is 5.11 Å². The molecule has 0 saturated heterocycles. The molecule has 0 aliphatic rings. The molecule has 1 N–H and O–H groups in total. The van der Waals surface area contributed by atoms with Gasteiger partial charge in [0.2, 0.25) is 0 Å². The highest BCUT2D eigenvalue weighted by atomic mass is 16.4. The monoisotopic (exact) mass is 326 g/mol. The number of carbonyl (C=O) groups is 1. The van der Waals surface area contributed by atoms with E-state index in [1.165, 1.54) is 38.2 Å². The topological polar surface area (TPSA) is 37.3 Å². The van der Waals surface area contributed by atoms with Crippen LogP contribution in [0.25, 0.3) is 0 Å². The molecular weight excluding hydrogens is 296 g/mol. The van der Waals surface area contributed by atoms with Gasteiger partial charge in [-0.1, -0.05) is 105 Å². The summed E-state index contributed by atoms with van der Waals surface area (Å²) in [4.78, 5) is 10.2. The zero-order chi connectivity index (χ0) is 17.7. The van der Waals surface area contributed by atoms with E-state index in [-0.39, 0.29) is 0 Å². The second kappa shape index (κ2) is 18.7. The zero-order valence-electron chi connectivity index (χ0n) is 14.7. The first-order valence-corrected chi connectivity index (χ1v) is 8.65. The summed E-state index contributed by atoms with van der Waals surface area (Å²) >= 11 is 0. The van der Waals surface area contributed by atoms with Crippen LogP contribution in [-0.2, 0) is 4.79 Å². The summed E-state index contributed by atoms with van der Waals surface area (Å²) in [5.41, 5.74) is 0. The van der Waals surface area contributed by atoms with Crippen molar-refractivity contribution in [3.8, 4) is 0 Å². The van der Waals surface area contributed by atoms with Gasteiger partial charge in [0, 0.05) is 6.08 Å². The Morgan fingerprint density at radius 3 is 1.88 bits per heavy atom. The molecule has 0 aromatic rings. The van der Waals surface area contributed by atoms with Crippen LogP contribution in [0.3, 0.4) is 0 Å². The molecule has 0 spiro atoms. The van der Waals surface area contributed by atoms with Gasteiger partial charge in [-0.25, -0.2) is 4.79 Å². The molecule has 0 fully saturated rings. The first-order valence-electron chi connectivity index (χ1n) is 8.65. The molecule has 2 nitrogen and oxygen atoms in total. The van der Waals surface area contributed by atoms with Crippen molar-refractivity contribution in [2.24, 2.45) is 0 Å². The minimum Gasteiger partial charge on any atom is -0.478 e. The fourth-order valence-electron chi connectivity index (χ4n) is 1.78. The van der Waals surface area contributed by atoms with E-state index in [0.717, 1.165) is 12.5 Å². The van der Waals surface area contributed by atoms with Crippen molar-refractivity contribution < 1.29 is 9.90 Å². The predicted octanol–water partition coefficient (Wildman–Crippen LogP) is 6.32. The average molecular weight is 326 g/mol. The van der Waals surface area contributed by atoms with Crippen LogP contribution < -0.4 is 0 Å². The number of carboxylic acid groups (broad SMARTS) is 1. The largest absolute Gasteiger partial charge is 0.478 e. The molecule has 0 aliphatic heterocycles. The standard InChI is InChI=1S/C22H30O2/c1-2-3-4-5-6-7-8-9-10-11-12-13-14-15-16-17-18-19-20-21-22(23)24/h7-10,12-21H,2-6,11H2,1H3,(H,23,24)/b8-7?,10-9?,13-12?,15-14?,17-16?,19-18+,21-20-. The maximum absolute atomic E-state index is 10.2. The molecule has 130 valence electrons. The Morgan fingerprint density at radius 2 is 1.25 bits per heavy atom. The first-order chi connectivity index (χ1) is 11.8. The highest BCUT2D eigenvalue weighted by molar-refractivity contribution is 5.80. The quantitative estimate of drug-likeness (QED) is 0.244. The number of rotatable bonds is 13. The van der Waals surface area contributed by atoms with Gasteiger partial charge in [-0.15, -0.1) is 0 Å². The average Bonchev–Trinajstić information content (AvgIpc) is 2.56. The molecule has 0 atom stereocenters. The minimum absolute atomic E-state index is 0.925. The third-order valence-corrected chi connectivity index (χ3v) is 3.03. The van der Waals surface area contributed by atoms with E-state index < -0.39 is 5.97 Å².